The van der Waals surface area contributed by atoms with Gasteiger partial charge in [-0.05, 0) is 25.1 Å². The summed E-state index contributed by atoms with van der Waals surface area (Å²) in [5.74, 6) is 0.824. The lowest BCUT2D eigenvalue weighted by Crippen LogP contribution is -2.54. The maximum Gasteiger partial charge on any atom is 0.242 e. The molecule has 1 aliphatic rings. The van der Waals surface area contributed by atoms with Crippen molar-refractivity contribution in [1.29, 1.82) is 0 Å². The minimum absolute atomic E-state index is 0.00706. The summed E-state index contributed by atoms with van der Waals surface area (Å²) in [5.41, 5.74) is 7.04. The Bertz CT molecular complexity index is 539. The van der Waals surface area contributed by atoms with Crippen LogP contribution in [0.2, 0.25) is 0 Å². The van der Waals surface area contributed by atoms with Crippen molar-refractivity contribution in [3.05, 3.63) is 18.2 Å². The molecule has 23 heavy (non-hydrogen) atoms. The number of anilines is 2. The van der Waals surface area contributed by atoms with Crippen LogP contribution in [0.15, 0.2) is 18.2 Å². The maximum absolute atomic E-state index is 12.8. The van der Waals surface area contributed by atoms with E-state index in [0.717, 1.165) is 26.2 Å². The lowest BCUT2D eigenvalue weighted by atomic mass is 10.0. The number of amides is 1. The van der Waals surface area contributed by atoms with Gasteiger partial charge in [-0.25, -0.2) is 0 Å². The van der Waals surface area contributed by atoms with E-state index in [9.17, 15) is 4.79 Å². The number of methoxy groups -OCH3 is 1. The second kappa shape index (κ2) is 7.66. The number of ether oxygens (including phenoxy) is 1. The van der Waals surface area contributed by atoms with Crippen molar-refractivity contribution in [2.45, 2.75) is 19.9 Å². The molecule has 1 aromatic rings. The van der Waals surface area contributed by atoms with Crippen LogP contribution in [0.4, 0.5) is 11.4 Å². The summed E-state index contributed by atoms with van der Waals surface area (Å²) in [5, 5.41) is 3.00. The number of nitrogens with one attached hydrogen (secondary N) is 1. The standard InChI is InChI=1S/C17H28N4O2/c1-12(2)16(21-9-7-20(3)8-10-21)17(22)19-14-6-5-13(18)11-15(14)23-4/h5-6,11-12,16H,7-10,18H2,1-4H3,(H,19,22). The van der Waals surface area contributed by atoms with Crippen LogP contribution in [0.25, 0.3) is 0 Å². The molecule has 6 heteroatoms. The van der Waals surface area contributed by atoms with E-state index >= 15 is 0 Å². The van der Waals surface area contributed by atoms with Crippen LogP contribution >= 0.6 is 0 Å². The number of nitrogen functional groups attached to an aromatic ring is 1. The quantitative estimate of drug-likeness (QED) is 0.804. The van der Waals surface area contributed by atoms with E-state index < -0.39 is 0 Å². The van der Waals surface area contributed by atoms with Gasteiger partial charge in [0.25, 0.3) is 0 Å². The van der Waals surface area contributed by atoms with Crippen molar-refractivity contribution >= 4 is 17.3 Å². The van der Waals surface area contributed by atoms with Crippen LogP contribution in [0, 0.1) is 5.92 Å². The summed E-state index contributed by atoms with van der Waals surface area (Å²) in [6.45, 7) is 7.96. The zero-order valence-corrected chi connectivity index (χ0v) is 14.5. The van der Waals surface area contributed by atoms with Crippen LogP contribution in [0.5, 0.6) is 5.75 Å². The van der Waals surface area contributed by atoms with Gasteiger partial charge in [0.1, 0.15) is 5.75 Å². The summed E-state index contributed by atoms with van der Waals surface area (Å²) in [7, 11) is 3.69. The molecule has 0 aliphatic carbocycles. The number of likely N-dealkylation sites (N-methyl/N-ethyl adjacent to an activating group) is 1. The first-order valence-corrected chi connectivity index (χ1v) is 8.09. The third-order valence-electron chi connectivity index (χ3n) is 4.31. The topological polar surface area (TPSA) is 70.8 Å². The number of nitrogens with two attached hydrogens (primary N) is 1. The molecule has 0 aromatic heterocycles. The highest BCUT2D eigenvalue weighted by atomic mass is 16.5. The van der Waals surface area contributed by atoms with Crippen LogP contribution in [0.3, 0.4) is 0 Å². The highest BCUT2D eigenvalue weighted by molar-refractivity contribution is 5.96. The predicted molar refractivity (Wildman–Crippen MR) is 93.7 cm³/mol. The number of hydrogen-bond donors (Lipinski definition) is 2. The van der Waals surface area contributed by atoms with Gasteiger partial charge in [0, 0.05) is 37.9 Å². The fourth-order valence-corrected chi connectivity index (χ4v) is 3.01. The number of carbonyl (C=O) groups excluding carboxylic acids is 1. The van der Waals surface area contributed by atoms with Gasteiger partial charge < -0.3 is 20.7 Å². The molecule has 0 spiro atoms. The molecule has 1 atom stereocenters. The Kier molecular flexibility index (Phi) is 5.85. The number of hydrogen-bond acceptors (Lipinski definition) is 5. The minimum Gasteiger partial charge on any atom is -0.494 e. The lowest BCUT2D eigenvalue weighted by molar-refractivity contribution is -0.123. The Labute approximate surface area is 138 Å². The summed E-state index contributed by atoms with van der Waals surface area (Å²) in [6, 6.07) is 5.12. The van der Waals surface area contributed by atoms with E-state index in [1.165, 1.54) is 0 Å². The maximum atomic E-state index is 12.8. The second-order valence-electron chi connectivity index (χ2n) is 6.48. The van der Waals surface area contributed by atoms with E-state index in [1.807, 2.05) is 0 Å². The van der Waals surface area contributed by atoms with Crippen molar-refractivity contribution in [2.75, 3.05) is 51.4 Å². The average molecular weight is 320 g/mol. The van der Waals surface area contributed by atoms with Gasteiger partial charge in [0.2, 0.25) is 5.91 Å². The molecule has 1 amide bonds. The van der Waals surface area contributed by atoms with Gasteiger partial charge in [0.05, 0.1) is 18.8 Å². The van der Waals surface area contributed by atoms with Crippen LogP contribution in [0.1, 0.15) is 13.8 Å². The number of nitrogens with zero attached hydrogens (tertiary/aromatic N) is 2. The molecule has 1 saturated heterocycles. The van der Waals surface area contributed by atoms with Crippen molar-refractivity contribution in [1.82, 2.24) is 9.80 Å². The highest BCUT2D eigenvalue weighted by Gasteiger charge is 2.31. The Morgan fingerprint density at radius 1 is 1.26 bits per heavy atom. The van der Waals surface area contributed by atoms with E-state index in [-0.39, 0.29) is 17.9 Å². The number of piperazine rings is 1. The largest absolute Gasteiger partial charge is 0.494 e. The van der Waals surface area contributed by atoms with Gasteiger partial charge in [-0.1, -0.05) is 13.8 Å². The summed E-state index contributed by atoms with van der Waals surface area (Å²) >= 11 is 0. The molecular weight excluding hydrogens is 292 g/mol. The molecule has 3 N–H and O–H groups in total. The smallest absolute Gasteiger partial charge is 0.242 e. The van der Waals surface area contributed by atoms with Crippen LogP contribution in [-0.4, -0.2) is 62.1 Å². The molecule has 1 aliphatic heterocycles. The Balaban J connectivity index is 2.12. The summed E-state index contributed by atoms with van der Waals surface area (Å²) in [4.78, 5) is 17.4. The van der Waals surface area contributed by atoms with Gasteiger partial charge in [-0.3, -0.25) is 9.69 Å². The Hall–Kier alpha value is -1.79. The van der Waals surface area contributed by atoms with Crippen LogP contribution < -0.4 is 15.8 Å². The van der Waals surface area contributed by atoms with Crippen molar-refractivity contribution in [2.24, 2.45) is 5.92 Å². The van der Waals surface area contributed by atoms with Gasteiger partial charge in [0.15, 0.2) is 0 Å². The zero-order chi connectivity index (χ0) is 17.0. The SMILES string of the molecule is COc1cc(N)ccc1NC(=O)C(C(C)C)N1CCN(C)CC1. The zero-order valence-electron chi connectivity index (χ0n) is 14.5. The minimum atomic E-state index is -0.147. The number of benzene rings is 1. The lowest BCUT2D eigenvalue weighted by Gasteiger charge is -2.38. The number of carbonyl (C=O) groups is 1. The first kappa shape index (κ1) is 17.6. The second-order valence-corrected chi connectivity index (χ2v) is 6.48. The van der Waals surface area contributed by atoms with Crippen molar-refractivity contribution in [3.8, 4) is 5.75 Å². The third-order valence-corrected chi connectivity index (χ3v) is 4.31. The third kappa shape index (κ3) is 4.36. The molecule has 128 valence electrons. The van der Waals surface area contributed by atoms with Crippen molar-refractivity contribution in [3.63, 3.8) is 0 Å². The fourth-order valence-electron chi connectivity index (χ4n) is 3.01. The molecule has 1 unspecified atom stereocenters. The predicted octanol–water partition coefficient (Wildman–Crippen LogP) is 1.49. The first-order valence-electron chi connectivity index (χ1n) is 8.09. The summed E-state index contributed by atoms with van der Waals surface area (Å²) < 4.78 is 5.31. The molecule has 0 radical (unpaired) electrons. The van der Waals surface area contributed by atoms with Gasteiger partial charge >= 0.3 is 0 Å². The molecule has 2 rings (SSSR count). The molecule has 0 bridgehead atoms. The fraction of sp³-hybridized carbons (Fsp3) is 0.588. The van der Waals surface area contributed by atoms with Crippen LogP contribution in [-0.2, 0) is 4.79 Å². The molecular formula is C17H28N4O2. The Morgan fingerprint density at radius 3 is 2.48 bits per heavy atom. The molecule has 0 saturated carbocycles. The van der Waals surface area contributed by atoms with E-state index in [4.69, 9.17) is 10.5 Å². The molecule has 6 nitrogen and oxygen atoms in total. The van der Waals surface area contributed by atoms with E-state index in [1.54, 1.807) is 25.3 Å². The molecule has 1 heterocycles. The van der Waals surface area contributed by atoms with Crippen molar-refractivity contribution < 1.29 is 9.53 Å². The van der Waals surface area contributed by atoms with E-state index in [0.29, 0.717) is 17.1 Å². The first-order chi connectivity index (χ1) is 10.9. The highest BCUT2D eigenvalue weighted by Crippen LogP contribution is 2.27. The molecule has 1 aromatic carbocycles. The summed E-state index contributed by atoms with van der Waals surface area (Å²) in [6.07, 6.45) is 0. The van der Waals surface area contributed by atoms with Gasteiger partial charge in [-0.15, -0.1) is 0 Å². The average Bonchev–Trinajstić information content (AvgIpc) is 2.51. The monoisotopic (exact) mass is 320 g/mol. The van der Waals surface area contributed by atoms with Gasteiger partial charge in [-0.2, -0.15) is 0 Å². The number of rotatable bonds is 5. The Morgan fingerprint density at radius 2 is 1.91 bits per heavy atom. The molecule has 1 fully saturated rings. The normalized spacial score (nSPS) is 18.0. The van der Waals surface area contributed by atoms with E-state index in [2.05, 4.69) is 36.0 Å².